The number of aromatic amines is 1. The van der Waals surface area contributed by atoms with Gasteiger partial charge in [-0.15, -0.1) is 0 Å². The van der Waals surface area contributed by atoms with Crippen LogP contribution in [0.5, 0.6) is 0 Å². The van der Waals surface area contributed by atoms with Crippen LogP contribution in [0.3, 0.4) is 0 Å². The van der Waals surface area contributed by atoms with Crippen molar-refractivity contribution in [1.29, 1.82) is 5.26 Å². The largest absolute Gasteiger partial charge is 0.354 e. The van der Waals surface area contributed by atoms with Gasteiger partial charge in [-0.1, -0.05) is 61.4 Å². The van der Waals surface area contributed by atoms with Crippen molar-refractivity contribution in [2.75, 3.05) is 6.54 Å². The van der Waals surface area contributed by atoms with Crippen LogP contribution in [0.1, 0.15) is 60.6 Å². The molecule has 1 atom stereocenters. The molecule has 8 heteroatoms. The van der Waals surface area contributed by atoms with E-state index in [1.54, 1.807) is 6.92 Å². The highest BCUT2D eigenvalue weighted by Gasteiger charge is 2.22. The van der Waals surface area contributed by atoms with Crippen LogP contribution in [-0.2, 0) is 16.0 Å². The predicted molar refractivity (Wildman–Crippen MR) is 154 cm³/mol. The highest BCUT2D eigenvalue weighted by Crippen LogP contribution is 2.30. The Morgan fingerprint density at radius 1 is 0.975 bits per heavy atom. The lowest BCUT2D eigenvalue weighted by Crippen LogP contribution is -2.47. The van der Waals surface area contributed by atoms with Gasteiger partial charge in [0.25, 0.3) is 5.91 Å². The van der Waals surface area contributed by atoms with E-state index < -0.39 is 11.9 Å². The standard InChI is InChI=1S/C32H33N5O3/c1-22(38)10-4-2-7-15-29(37-31(39)24-16-17-25(20-33)35-21-24)32(40)34-19-18-27-26-13-8-9-14-28(26)36-30(27)23-11-5-3-6-12-23/h3,5-6,8-9,11-14,16-17,21,29,36H,2,4,7,10,15,18-19H2,1H3,(H,34,40)(H,37,39)/t29-/m0/s1. The molecule has 0 bridgehead atoms. The third-order valence-electron chi connectivity index (χ3n) is 6.83. The maximum absolute atomic E-state index is 13.3. The van der Waals surface area contributed by atoms with E-state index in [9.17, 15) is 14.4 Å². The number of carbonyl (C=O) groups excluding carboxylic acids is 3. The van der Waals surface area contributed by atoms with Crippen LogP contribution < -0.4 is 10.6 Å². The Labute approximate surface area is 233 Å². The van der Waals surface area contributed by atoms with Crippen LogP contribution in [-0.4, -0.2) is 40.2 Å². The first-order valence-corrected chi connectivity index (χ1v) is 13.6. The van der Waals surface area contributed by atoms with Gasteiger partial charge >= 0.3 is 0 Å². The third kappa shape index (κ3) is 7.41. The molecule has 0 unspecified atom stereocenters. The van der Waals surface area contributed by atoms with E-state index in [0.29, 0.717) is 32.2 Å². The number of aromatic nitrogens is 2. The van der Waals surface area contributed by atoms with E-state index in [-0.39, 0.29) is 22.9 Å². The summed E-state index contributed by atoms with van der Waals surface area (Å²) < 4.78 is 0. The summed E-state index contributed by atoms with van der Waals surface area (Å²) in [6.45, 7) is 1.97. The molecule has 4 aromatic rings. The van der Waals surface area contributed by atoms with Crippen molar-refractivity contribution < 1.29 is 14.4 Å². The lowest BCUT2D eigenvalue weighted by atomic mass is 10.0. The first-order valence-electron chi connectivity index (χ1n) is 13.6. The van der Waals surface area contributed by atoms with Crippen LogP contribution >= 0.6 is 0 Å². The van der Waals surface area contributed by atoms with Gasteiger partial charge in [-0.3, -0.25) is 9.59 Å². The molecule has 40 heavy (non-hydrogen) atoms. The van der Waals surface area contributed by atoms with Crippen LogP contribution in [0, 0.1) is 11.3 Å². The number of fused-ring (bicyclic) bond motifs is 1. The van der Waals surface area contributed by atoms with E-state index in [2.05, 4.69) is 38.8 Å². The summed E-state index contributed by atoms with van der Waals surface area (Å²) in [6, 6.07) is 22.4. The van der Waals surface area contributed by atoms with Gasteiger partial charge in [0.05, 0.1) is 5.56 Å². The topological polar surface area (TPSA) is 128 Å². The molecule has 2 aromatic heterocycles. The fraction of sp³-hybridized carbons (Fsp3) is 0.281. The number of hydrogen-bond donors (Lipinski definition) is 3. The lowest BCUT2D eigenvalue weighted by molar-refractivity contribution is -0.123. The molecular formula is C32H33N5O3. The SMILES string of the molecule is CC(=O)CCCCC[C@H](NC(=O)c1ccc(C#N)nc1)C(=O)NCCc1c(-c2ccccc2)[nH]c2ccccc12. The van der Waals surface area contributed by atoms with Crippen molar-refractivity contribution in [2.24, 2.45) is 0 Å². The number of unbranched alkanes of at least 4 members (excludes halogenated alkanes) is 2. The second-order valence-electron chi connectivity index (χ2n) is 9.80. The van der Waals surface area contributed by atoms with Crippen LogP contribution in [0.15, 0.2) is 72.9 Å². The highest BCUT2D eigenvalue weighted by molar-refractivity contribution is 5.97. The Morgan fingerprint density at radius 3 is 2.48 bits per heavy atom. The Morgan fingerprint density at radius 2 is 1.75 bits per heavy atom. The van der Waals surface area contributed by atoms with E-state index >= 15 is 0 Å². The number of pyridine rings is 1. The first-order chi connectivity index (χ1) is 19.5. The molecule has 204 valence electrons. The van der Waals surface area contributed by atoms with Gasteiger partial charge in [-0.2, -0.15) is 5.26 Å². The normalized spacial score (nSPS) is 11.5. The number of nitriles is 1. The number of benzene rings is 2. The minimum absolute atomic E-state index is 0.142. The van der Waals surface area contributed by atoms with Crippen molar-refractivity contribution in [1.82, 2.24) is 20.6 Å². The molecule has 0 spiro atoms. The van der Waals surface area contributed by atoms with Crippen LogP contribution in [0.25, 0.3) is 22.2 Å². The quantitative estimate of drug-likeness (QED) is 0.205. The minimum atomic E-state index is -0.739. The zero-order valence-corrected chi connectivity index (χ0v) is 22.6. The summed E-state index contributed by atoms with van der Waals surface area (Å²) in [5.41, 5.74) is 4.75. The Balaban J connectivity index is 1.44. The molecule has 2 aromatic carbocycles. The minimum Gasteiger partial charge on any atom is -0.354 e. The first kappa shape index (κ1) is 28.2. The number of hydrogen-bond acceptors (Lipinski definition) is 5. The Bertz CT molecular complexity index is 1500. The number of rotatable bonds is 13. The van der Waals surface area contributed by atoms with Crippen molar-refractivity contribution in [3.05, 3.63) is 89.7 Å². The molecule has 0 aliphatic carbocycles. The summed E-state index contributed by atoms with van der Waals surface area (Å²) in [6.07, 6.45) is 5.12. The molecule has 0 fully saturated rings. The molecule has 2 heterocycles. The summed E-state index contributed by atoms with van der Waals surface area (Å²) in [4.78, 5) is 44.9. The molecule has 2 amide bonds. The molecule has 0 saturated carbocycles. The number of carbonyl (C=O) groups is 3. The fourth-order valence-electron chi connectivity index (χ4n) is 4.75. The molecule has 4 rings (SSSR count). The van der Waals surface area contributed by atoms with Gasteiger partial charge in [0.1, 0.15) is 23.6 Å². The summed E-state index contributed by atoms with van der Waals surface area (Å²) in [5, 5.41) is 15.9. The van der Waals surface area contributed by atoms with Gasteiger partial charge in [0, 0.05) is 35.8 Å². The van der Waals surface area contributed by atoms with Gasteiger partial charge in [-0.25, -0.2) is 4.98 Å². The number of ketones is 1. The monoisotopic (exact) mass is 535 g/mol. The van der Waals surface area contributed by atoms with E-state index in [1.165, 1.54) is 18.3 Å². The highest BCUT2D eigenvalue weighted by atomic mass is 16.2. The average Bonchev–Trinajstić information content (AvgIpc) is 3.35. The van der Waals surface area contributed by atoms with Gasteiger partial charge in [0.15, 0.2) is 0 Å². The van der Waals surface area contributed by atoms with Crippen molar-refractivity contribution in [3.8, 4) is 17.3 Å². The van der Waals surface area contributed by atoms with E-state index in [4.69, 9.17) is 5.26 Å². The molecular weight excluding hydrogens is 502 g/mol. The fourth-order valence-corrected chi connectivity index (χ4v) is 4.75. The van der Waals surface area contributed by atoms with Crippen molar-refractivity contribution in [2.45, 2.75) is 51.5 Å². The number of nitrogens with zero attached hydrogens (tertiary/aromatic N) is 2. The molecule has 8 nitrogen and oxygen atoms in total. The maximum Gasteiger partial charge on any atom is 0.253 e. The van der Waals surface area contributed by atoms with Gasteiger partial charge in [-0.05, 0) is 55.5 Å². The summed E-state index contributed by atoms with van der Waals surface area (Å²) >= 11 is 0. The number of amides is 2. The molecule has 0 aliphatic rings. The van der Waals surface area contributed by atoms with E-state index in [0.717, 1.165) is 40.6 Å². The lowest BCUT2D eigenvalue weighted by Gasteiger charge is -2.19. The van der Waals surface area contributed by atoms with Crippen LogP contribution in [0.4, 0.5) is 0 Å². The van der Waals surface area contributed by atoms with Gasteiger partial charge in [0.2, 0.25) is 5.91 Å². The molecule has 3 N–H and O–H groups in total. The predicted octanol–water partition coefficient (Wildman–Crippen LogP) is 5.10. The third-order valence-corrected chi connectivity index (χ3v) is 6.83. The average molecular weight is 536 g/mol. The second-order valence-corrected chi connectivity index (χ2v) is 9.80. The smallest absolute Gasteiger partial charge is 0.253 e. The van der Waals surface area contributed by atoms with Crippen molar-refractivity contribution >= 4 is 28.5 Å². The van der Waals surface area contributed by atoms with Crippen LogP contribution in [0.2, 0.25) is 0 Å². The number of para-hydroxylation sites is 1. The second kappa shape index (κ2) is 13.9. The maximum atomic E-state index is 13.3. The Kier molecular flexibility index (Phi) is 9.78. The summed E-state index contributed by atoms with van der Waals surface area (Å²) in [7, 11) is 0. The zero-order valence-electron chi connectivity index (χ0n) is 22.6. The summed E-state index contributed by atoms with van der Waals surface area (Å²) in [5.74, 6) is -0.547. The Hall–Kier alpha value is -4.77. The van der Waals surface area contributed by atoms with Gasteiger partial charge < -0.3 is 20.4 Å². The zero-order chi connectivity index (χ0) is 28.3. The molecule has 0 aliphatic heterocycles. The molecule has 0 saturated heterocycles. The number of Topliss-reactive ketones (excluding diaryl/α,β-unsaturated/α-hetero) is 1. The van der Waals surface area contributed by atoms with E-state index in [1.807, 2.05) is 42.5 Å². The number of H-pyrrole nitrogens is 1. The molecule has 0 radical (unpaired) electrons. The number of nitrogens with one attached hydrogen (secondary N) is 3. The van der Waals surface area contributed by atoms with Crippen molar-refractivity contribution in [3.63, 3.8) is 0 Å².